The van der Waals surface area contributed by atoms with Crippen LogP contribution in [0.2, 0.25) is 0 Å². The van der Waals surface area contributed by atoms with Crippen LogP contribution in [0.5, 0.6) is 0 Å². The van der Waals surface area contributed by atoms with Crippen LogP contribution in [0.4, 0.5) is 18.8 Å². The molecule has 15 heteroatoms. The lowest BCUT2D eigenvalue weighted by Crippen LogP contribution is -2.07. The predicted molar refractivity (Wildman–Crippen MR) is 229 cm³/mol. The minimum absolute atomic E-state index is 0. The highest BCUT2D eigenvalue weighted by Crippen LogP contribution is 2.14. The average Bonchev–Trinajstić information content (AvgIpc) is 2.18. The van der Waals surface area contributed by atoms with E-state index in [1.807, 2.05) is 0 Å². The van der Waals surface area contributed by atoms with Crippen LogP contribution < -0.4 is 0 Å². The minimum Gasteiger partial charge on any atom is -0.402 e. The maximum absolute atomic E-state index is 7.17. The molecule has 280 valence electrons. The highest BCUT2D eigenvalue weighted by Gasteiger charge is 1.98. The predicted octanol–water partition coefficient (Wildman–Crippen LogP) is 10.2. The molecule has 0 aliphatic heterocycles. The van der Waals surface area contributed by atoms with Gasteiger partial charge in [0, 0.05) is 0 Å². The molecule has 0 aromatic carbocycles. The Balaban J connectivity index is -0.0000000252. The molecule has 0 radical (unpaired) electrons. The van der Waals surface area contributed by atoms with E-state index >= 15 is 0 Å². The lowest BCUT2D eigenvalue weighted by atomic mass is 10.3. The Morgan fingerprint density at radius 3 is 0.256 bits per heavy atom. The standard InChI is InChI=1S/7C4H11P.BH3O3.4FH/c7*1-4(2,3)5;2-1(3)4;;;;/h7*5H2,1-3H3;2-4H;4*1H. The molecule has 0 bridgehead atoms. The first-order valence-electron chi connectivity index (χ1n) is 13.3. The first-order valence-corrected chi connectivity index (χ1v) is 17.3. The normalized spacial score (nSPS) is 10.4. The van der Waals surface area contributed by atoms with Gasteiger partial charge in [-0.3, -0.25) is 18.8 Å². The molecule has 0 saturated heterocycles. The Hall–Kier alpha value is 2.67. The summed E-state index contributed by atoms with van der Waals surface area (Å²) in [7, 11) is 16.8. The van der Waals surface area contributed by atoms with Crippen molar-refractivity contribution in [2.24, 2.45) is 0 Å². The number of halogens is 4. The molecule has 3 nitrogen and oxygen atoms in total. The van der Waals surface area contributed by atoms with Crippen molar-refractivity contribution >= 4 is 72.0 Å². The van der Waals surface area contributed by atoms with Gasteiger partial charge in [0.1, 0.15) is 0 Å². The smallest absolute Gasteiger partial charge is 0.402 e. The molecule has 0 spiro atoms. The van der Waals surface area contributed by atoms with Gasteiger partial charge in [0.2, 0.25) is 0 Å². The molecule has 3 N–H and O–H groups in total. The second kappa shape index (κ2) is 37.5. The lowest BCUT2D eigenvalue weighted by Gasteiger charge is -2.05. The van der Waals surface area contributed by atoms with Crippen LogP contribution in [0, 0.1) is 0 Å². The highest BCUT2D eigenvalue weighted by atomic mass is 31.0. The average molecular weight is 773 g/mol. The Bertz CT molecular complexity index is 329. The molecule has 0 amide bonds. The Morgan fingerprint density at radius 1 is 0.256 bits per heavy atom. The first-order chi connectivity index (χ1) is 15.7. The molecular weight excluding hydrogens is 688 g/mol. The van der Waals surface area contributed by atoms with Crippen LogP contribution in [0.3, 0.4) is 0 Å². The van der Waals surface area contributed by atoms with Crippen LogP contribution in [-0.2, 0) is 0 Å². The van der Waals surface area contributed by atoms with Crippen LogP contribution in [-0.4, -0.2) is 58.5 Å². The molecule has 0 aliphatic rings. The number of hydrogen-bond donors (Lipinski definition) is 3. The van der Waals surface area contributed by atoms with E-state index in [1.165, 1.54) is 0 Å². The summed E-state index contributed by atoms with van der Waals surface area (Å²) >= 11 is 0. The van der Waals surface area contributed by atoms with E-state index in [-0.39, 0.29) is 18.8 Å². The zero-order chi connectivity index (χ0) is 35.1. The van der Waals surface area contributed by atoms with Gasteiger partial charge >= 0.3 is 7.32 Å². The summed E-state index contributed by atoms with van der Waals surface area (Å²) in [4.78, 5) is 0. The fourth-order valence-corrected chi connectivity index (χ4v) is 0. The Labute approximate surface area is 286 Å². The molecule has 0 rings (SSSR count). The fraction of sp³-hybridized carbons (Fsp3) is 1.00. The van der Waals surface area contributed by atoms with Crippen LogP contribution in [0.15, 0.2) is 0 Å². The molecule has 0 aromatic rings. The third-order valence-electron chi connectivity index (χ3n) is 0. The van der Waals surface area contributed by atoms with Gasteiger partial charge in [0.25, 0.3) is 0 Å². The lowest BCUT2D eigenvalue weighted by molar-refractivity contribution is 0.278. The van der Waals surface area contributed by atoms with Crippen molar-refractivity contribution < 1.29 is 33.9 Å². The SMILES string of the molecule is CC(C)(C)P.CC(C)(C)P.CC(C)(C)P.CC(C)(C)P.CC(C)(C)P.CC(C)(C)P.CC(C)(C)P.F.F.F.F.OB(O)O. The Kier molecular flexibility index (Phi) is 70.1. The van der Waals surface area contributed by atoms with Crippen molar-refractivity contribution in [1.29, 1.82) is 0 Å². The van der Waals surface area contributed by atoms with Crippen molar-refractivity contribution in [2.75, 3.05) is 0 Å². The van der Waals surface area contributed by atoms with Gasteiger partial charge in [-0.05, 0) is 36.1 Å². The molecule has 0 aromatic heterocycles. The zero-order valence-corrected chi connectivity index (χ0v) is 40.2. The van der Waals surface area contributed by atoms with Gasteiger partial charge in [-0.15, -0.1) is 64.7 Å². The van der Waals surface area contributed by atoms with E-state index < -0.39 is 7.32 Å². The topological polar surface area (TPSA) is 60.7 Å². The molecule has 0 fully saturated rings. The summed E-state index contributed by atoms with van der Waals surface area (Å²) in [5.41, 5.74) is 0. The van der Waals surface area contributed by atoms with Crippen molar-refractivity contribution in [3.05, 3.63) is 0 Å². The molecule has 0 aliphatic carbocycles. The zero-order valence-electron chi connectivity index (χ0n) is 32.1. The van der Waals surface area contributed by atoms with E-state index in [2.05, 4.69) is 210 Å². The van der Waals surface area contributed by atoms with Gasteiger partial charge in [-0.1, -0.05) is 145 Å². The summed E-state index contributed by atoms with van der Waals surface area (Å²) in [6.45, 7) is 45.2. The monoisotopic (exact) mass is 772 g/mol. The van der Waals surface area contributed by atoms with Crippen LogP contribution in [0.1, 0.15) is 145 Å². The largest absolute Gasteiger partial charge is 0.631 e. The first kappa shape index (κ1) is 80.4. The maximum atomic E-state index is 7.17. The summed E-state index contributed by atoms with van der Waals surface area (Å²) in [6, 6.07) is 0. The van der Waals surface area contributed by atoms with Crippen molar-refractivity contribution in [3.63, 3.8) is 0 Å². The highest BCUT2D eigenvalue weighted by molar-refractivity contribution is 7.19. The maximum Gasteiger partial charge on any atom is 0.631 e. The Morgan fingerprint density at radius 2 is 0.256 bits per heavy atom. The van der Waals surface area contributed by atoms with Gasteiger partial charge in [0.15, 0.2) is 0 Å². The van der Waals surface area contributed by atoms with Crippen molar-refractivity contribution in [1.82, 2.24) is 0 Å². The third-order valence-corrected chi connectivity index (χ3v) is 0. The molecule has 0 saturated carbocycles. The van der Waals surface area contributed by atoms with Gasteiger partial charge < -0.3 is 15.1 Å². The molecule has 7 unspecified atom stereocenters. The molecule has 0 heterocycles. The minimum atomic E-state index is -2.17. The fourth-order valence-electron chi connectivity index (χ4n) is 0. The van der Waals surface area contributed by atoms with Gasteiger partial charge in [-0.2, -0.15) is 0 Å². The second-order valence-corrected chi connectivity index (χ2v) is 29.0. The van der Waals surface area contributed by atoms with Crippen molar-refractivity contribution in [2.45, 2.75) is 181 Å². The van der Waals surface area contributed by atoms with Gasteiger partial charge in [0.05, 0.1) is 0 Å². The quantitative estimate of drug-likeness (QED) is 0.131. The summed E-state index contributed by atoms with van der Waals surface area (Å²) in [5, 5.41) is 24.4. The second-order valence-electron chi connectivity index (χ2n) is 16.9. The summed E-state index contributed by atoms with van der Waals surface area (Å²) in [5.74, 6) is 0. The molecule has 43 heavy (non-hydrogen) atoms. The van der Waals surface area contributed by atoms with E-state index in [9.17, 15) is 0 Å². The van der Waals surface area contributed by atoms with Gasteiger partial charge in [-0.25, -0.2) is 0 Å². The molecular formula is C28H84BF4O3P7. The van der Waals surface area contributed by atoms with E-state index in [0.29, 0.717) is 36.1 Å². The van der Waals surface area contributed by atoms with Crippen LogP contribution >= 0.6 is 64.7 Å². The summed E-state index contributed by atoms with van der Waals surface area (Å²) in [6.07, 6.45) is 0. The molecule has 7 atom stereocenters. The van der Waals surface area contributed by atoms with E-state index in [4.69, 9.17) is 15.1 Å². The number of hydrogen-bond acceptors (Lipinski definition) is 3. The van der Waals surface area contributed by atoms with Crippen LogP contribution in [0.25, 0.3) is 0 Å². The number of rotatable bonds is 0. The van der Waals surface area contributed by atoms with Crippen molar-refractivity contribution in [3.8, 4) is 0 Å². The summed E-state index contributed by atoms with van der Waals surface area (Å²) < 4.78 is 0. The van der Waals surface area contributed by atoms with E-state index in [1.54, 1.807) is 0 Å². The third kappa shape index (κ3) is 11400. The van der Waals surface area contributed by atoms with E-state index in [0.717, 1.165) is 0 Å².